The van der Waals surface area contributed by atoms with Crippen LogP contribution in [0.5, 0.6) is 0 Å². The Morgan fingerprint density at radius 3 is 1.97 bits per heavy atom. The minimum atomic E-state index is -3.53. The fraction of sp³-hybridized carbons (Fsp3) is 0.0909. The van der Waals surface area contributed by atoms with Crippen LogP contribution in [0.4, 0.5) is 5.69 Å². The minimum absolute atomic E-state index is 0.179. The van der Waals surface area contributed by atoms with Gasteiger partial charge in [0, 0.05) is 30.9 Å². The lowest BCUT2D eigenvalue weighted by Gasteiger charge is -2.13. The highest BCUT2D eigenvalue weighted by atomic mass is 32.2. The SMILES string of the molecule is CN(C)S(=O)(=O)c1cccc(NC(=S)NN=C(c2ccccc2)c2ccccc2)c1. The Kier molecular flexibility index (Phi) is 6.94. The molecule has 30 heavy (non-hydrogen) atoms. The number of nitrogens with one attached hydrogen (secondary N) is 2. The Hall–Kier alpha value is -3.07. The normalized spacial score (nSPS) is 11.0. The van der Waals surface area contributed by atoms with Crippen molar-refractivity contribution in [3.05, 3.63) is 96.1 Å². The Bertz CT molecular complexity index is 1100. The molecule has 0 heterocycles. The second-order valence-corrected chi connectivity index (χ2v) is 9.13. The maximum atomic E-state index is 12.3. The molecule has 8 heteroatoms. The fourth-order valence-corrected chi connectivity index (χ4v) is 3.81. The van der Waals surface area contributed by atoms with Gasteiger partial charge in [-0.15, -0.1) is 0 Å². The molecule has 154 valence electrons. The number of nitrogens with zero attached hydrogens (tertiary/aromatic N) is 2. The van der Waals surface area contributed by atoms with E-state index < -0.39 is 10.0 Å². The van der Waals surface area contributed by atoms with E-state index in [0.29, 0.717) is 5.69 Å². The number of hydrogen-bond acceptors (Lipinski definition) is 4. The molecule has 0 aliphatic rings. The van der Waals surface area contributed by atoms with Gasteiger partial charge < -0.3 is 5.32 Å². The molecule has 3 aromatic carbocycles. The van der Waals surface area contributed by atoms with Crippen molar-refractivity contribution in [2.75, 3.05) is 19.4 Å². The van der Waals surface area contributed by atoms with E-state index in [9.17, 15) is 8.42 Å². The van der Waals surface area contributed by atoms with Crippen molar-refractivity contribution in [1.29, 1.82) is 0 Å². The van der Waals surface area contributed by atoms with Crippen LogP contribution in [0.25, 0.3) is 0 Å². The molecule has 6 nitrogen and oxygen atoms in total. The predicted octanol–water partition coefficient (Wildman–Crippen LogP) is 3.68. The first-order valence-corrected chi connectivity index (χ1v) is 11.0. The first-order chi connectivity index (χ1) is 14.4. The van der Waals surface area contributed by atoms with E-state index in [2.05, 4.69) is 15.8 Å². The molecule has 0 amide bonds. The van der Waals surface area contributed by atoms with Gasteiger partial charge in [0.2, 0.25) is 10.0 Å². The molecule has 0 aliphatic heterocycles. The van der Waals surface area contributed by atoms with Crippen LogP contribution in [0.3, 0.4) is 0 Å². The van der Waals surface area contributed by atoms with E-state index in [1.165, 1.54) is 30.5 Å². The second-order valence-electron chi connectivity index (χ2n) is 6.57. The molecule has 0 fully saturated rings. The number of sulfonamides is 1. The van der Waals surface area contributed by atoms with Gasteiger partial charge in [-0.1, -0.05) is 66.7 Å². The van der Waals surface area contributed by atoms with Gasteiger partial charge in [0.25, 0.3) is 0 Å². The zero-order valence-electron chi connectivity index (χ0n) is 16.6. The van der Waals surface area contributed by atoms with Crippen LogP contribution in [0.1, 0.15) is 11.1 Å². The quantitative estimate of drug-likeness (QED) is 0.349. The van der Waals surface area contributed by atoms with Crippen LogP contribution in [-0.2, 0) is 10.0 Å². The maximum absolute atomic E-state index is 12.3. The van der Waals surface area contributed by atoms with Crippen molar-refractivity contribution < 1.29 is 8.42 Å². The molecule has 3 aromatic rings. The molecule has 0 radical (unpaired) electrons. The predicted molar refractivity (Wildman–Crippen MR) is 125 cm³/mol. The van der Waals surface area contributed by atoms with Gasteiger partial charge in [-0.2, -0.15) is 5.10 Å². The van der Waals surface area contributed by atoms with Gasteiger partial charge in [0.1, 0.15) is 0 Å². The Labute approximate surface area is 182 Å². The zero-order chi connectivity index (χ0) is 21.6. The summed E-state index contributed by atoms with van der Waals surface area (Å²) in [6.07, 6.45) is 0. The Morgan fingerprint density at radius 1 is 0.867 bits per heavy atom. The first kappa shape index (κ1) is 21.6. The van der Waals surface area contributed by atoms with Gasteiger partial charge in [0.05, 0.1) is 10.6 Å². The lowest BCUT2D eigenvalue weighted by molar-refractivity contribution is 0.521. The van der Waals surface area contributed by atoms with Crippen molar-refractivity contribution in [1.82, 2.24) is 9.73 Å². The van der Waals surface area contributed by atoms with Crippen LogP contribution in [0.15, 0.2) is 94.9 Å². The van der Waals surface area contributed by atoms with E-state index in [1.54, 1.807) is 12.1 Å². The molecule has 0 saturated heterocycles. The van der Waals surface area contributed by atoms with Crippen molar-refractivity contribution in [3.8, 4) is 0 Å². The molecule has 0 aromatic heterocycles. The Balaban J connectivity index is 1.80. The average molecular weight is 439 g/mol. The number of benzene rings is 3. The number of anilines is 1. The van der Waals surface area contributed by atoms with Crippen molar-refractivity contribution in [2.24, 2.45) is 5.10 Å². The number of hydrazone groups is 1. The van der Waals surface area contributed by atoms with Crippen molar-refractivity contribution in [3.63, 3.8) is 0 Å². The molecular formula is C22H22N4O2S2. The summed E-state index contributed by atoms with van der Waals surface area (Å²) in [6.45, 7) is 0. The summed E-state index contributed by atoms with van der Waals surface area (Å²) < 4.78 is 25.8. The highest BCUT2D eigenvalue weighted by molar-refractivity contribution is 7.89. The molecule has 0 aliphatic carbocycles. The summed E-state index contributed by atoms with van der Waals surface area (Å²) in [5.41, 5.74) is 6.03. The van der Waals surface area contributed by atoms with E-state index in [1.807, 2.05) is 60.7 Å². The zero-order valence-corrected chi connectivity index (χ0v) is 18.2. The van der Waals surface area contributed by atoms with Crippen LogP contribution in [-0.4, -0.2) is 37.6 Å². The standard InChI is InChI=1S/C22H22N4O2S2/c1-26(2)30(27,28)20-15-9-14-19(16-20)23-22(29)25-24-21(17-10-5-3-6-11-17)18-12-7-4-8-13-18/h3-16H,1-2H3,(H2,23,25,29). The van der Waals surface area contributed by atoms with E-state index >= 15 is 0 Å². The first-order valence-electron chi connectivity index (χ1n) is 9.16. The van der Waals surface area contributed by atoms with Crippen molar-refractivity contribution in [2.45, 2.75) is 4.90 Å². The summed E-state index contributed by atoms with van der Waals surface area (Å²) in [7, 11) is -0.549. The van der Waals surface area contributed by atoms with Crippen LogP contribution in [0, 0.1) is 0 Å². The minimum Gasteiger partial charge on any atom is -0.331 e. The monoisotopic (exact) mass is 438 g/mol. The summed E-state index contributed by atoms with van der Waals surface area (Å²) in [4.78, 5) is 0.179. The lowest BCUT2D eigenvalue weighted by Crippen LogP contribution is -2.26. The summed E-state index contributed by atoms with van der Waals surface area (Å²) >= 11 is 5.35. The number of rotatable bonds is 6. The fourth-order valence-electron chi connectivity index (χ4n) is 2.70. The lowest BCUT2D eigenvalue weighted by atomic mass is 10.0. The van der Waals surface area contributed by atoms with Gasteiger partial charge in [-0.25, -0.2) is 12.7 Å². The third-order valence-corrected chi connectivity index (χ3v) is 6.24. The van der Waals surface area contributed by atoms with Gasteiger partial charge in [0.15, 0.2) is 5.11 Å². The Morgan fingerprint density at radius 2 is 1.43 bits per heavy atom. The molecule has 0 bridgehead atoms. The van der Waals surface area contributed by atoms with Crippen molar-refractivity contribution >= 4 is 38.8 Å². The highest BCUT2D eigenvalue weighted by Crippen LogP contribution is 2.18. The third kappa shape index (κ3) is 5.29. The van der Waals surface area contributed by atoms with E-state index in [4.69, 9.17) is 12.2 Å². The molecule has 2 N–H and O–H groups in total. The van der Waals surface area contributed by atoms with E-state index in [-0.39, 0.29) is 10.0 Å². The maximum Gasteiger partial charge on any atom is 0.242 e. The highest BCUT2D eigenvalue weighted by Gasteiger charge is 2.17. The smallest absolute Gasteiger partial charge is 0.242 e. The molecule has 0 spiro atoms. The topological polar surface area (TPSA) is 73.8 Å². The largest absolute Gasteiger partial charge is 0.331 e. The van der Waals surface area contributed by atoms with Crippen LogP contribution >= 0.6 is 12.2 Å². The number of thiocarbonyl (C=S) groups is 1. The summed E-state index contributed by atoms with van der Waals surface area (Å²) in [5, 5.41) is 7.73. The second kappa shape index (κ2) is 9.62. The third-order valence-electron chi connectivity index (χ3n) is 4.23. The van der Waals surface area contributed by atoms with Gasteiger partial charge in [-0.05, 0) is 30.4 Å². The average Bonchev–Trinajstić information content (AvgIpc) is 2.75. The van der Waals surface area contributed by atoms with E-state index in [0.717, 1.165) is 16.8 Å². The molecule has 0 atom stereocenters. The molecular weight excluding hydrogens is 416 g/mol. The van der Waals surface area contributed by atoms with Gasteiger partial charge in [-0.3, -0.25) is 5.43 Å². The summed E-state index contributed by atoms with van der Waals surface area (Å²) in [5.74, 6) is 0. The van der Waals surface area contributed by atoms with Crippen LogP contribution in [0.2, 0.25) is 0 Å². The van der Waals surface area contributed by atoms with Crippen LogP contribution < -0.4 is 10.7 Å². The number of hydrogen-bond donors (Lipinski definition) is 2. The molecule has 0 unspecified atom stereocenters. The molecule has 0 saturated carbocycles. The molecule has 3 rings (SSSR count). The summed E-state index contributed by atoms with van der Waals surface area (Å²) in [6, 6.07) is 26.0. The van der Waals surface area contributed by atoms with Gasteiger partial charge >= 0.3 is 0 Å².